The van der Waals surface area contributed by atoms with E-state index in [-0.39, 0.29) is 5.92 Å². The van der Waals surface area contributed by atoms with Gasteiger partial charge < -0.3 is 15.4 Å². The fraction of sp³-hybridized carbons (Fsp3) is 0.154. The third-order valence-corrected chi connectivity index (χ3v) is 5.13. The van der Waals surface area contributed by atoms with Gasteiger partial charge in [0.25, 0.3) is 0 Å². The molecule has 0 fully saturated rings. The van der Waals surface area contributed by atoms with Crippen molar-refractivity contribution >= 4 is 23.1 Å². The number of aromatic nitrogens is 2. The van der Waals surface area contributed by atoms with Gasteiger partial charge in [-0.25, -0.2) is 4.98 Å². The van der Waals surface area contributed by atoms with Crippen LogP contribution >= 0.6 is 0 Å². The van der Waals surface area contributed by atoms with Crippen LogP contribution in [0.1, 0.15) is 24.0 Å². The highest BCUT2D eigenvalue weighted by Crippen LogP contribution is 2.31. The van der Waals surface area contributed by atoms with Crippen LogP contribution in [0, 0.1) is 0 Å². The summed E-state index contributed by atoms with van der Waals surface area (Å²) in [6.07, 6.45) is 2.68. The van der Waals surface area contributed by atoms with Crippen LogP contribution in [-0.2, 0) is 6.42 Å². The molecule has 4 rings (SSSR count). The van der Waals surface area contributed by atoms with Crippen molar-refractivity contribution in [2.75, 3.05) is 17.7 Å². The number of rotatable bonds is 8. The molecule has 1 aromatic heterocycles. The molecular weight excluding hydrogens is 384 g/mol. The molecule has 1 unspecified atom stereocenters. The van der Waals surface area contributed by atoms with Crippen LogP contribution in [0.5, 0.6) is 5.75 Å². The van der Waals surface area contributed by atoms with Crippen LogP contribution in [0.4, 0.5) is 23.1 Å². The minimum absolute atomic E-state index is 0.240. The van der Waals surface area contributed by atoms with Crippen molar-refractivity contribution in [3.8, 4) is 5.75 Å². The molecule has 3 aromatic carbocycles. The predicted molar refractivity (Wildman–Crippen MR) is 127 cm³/mol. The fourth-order valence-electron chi connectivity index (χ4n) is 3.55. The molecule has 0 bridgehead atoms. The lowest BCUT2D eigenvalue weighted by molar-refractivity contribution is 0.406. The Labute approximate surface area is 183 Å². The van der Waals surface area contributed by atoms with Crippen molar-refractivity contribution in [1.82, 2.24) is 9.97 Å². The van der Waals surface area contributed by atoms with E-state index in [2.05, 4.69) is 28.6 Å². The van der Waals surface area contributed by atoms with Crippen molar-refractivity contribution in [1.29, 1.82) is 0 Å². The van der Waals surface area contributed by atoms with Gasteiger partial charge in [-0.2, -0.15) is 4.98 Å². The number of hydrogen-bond acceptors (Lipinski definition) is 5. The first kappa shape index (κ1) is 20.4. The predicted octanol–water partition coefficient (Wildman–Crippen LogP) is 6.32. The third kappa shape index (κ3) is 5.20. The highest BCUT2D eigenvalue weighted by Gasteiger charge is 2.16. The Hall–Kier alpha value is -3.86. The van der Waals surface area contributed by atoms with Crippen molar-refractivity contribution in [3.05, 3.63) is 102 Å². The van der Waals surface area contributed by atoms with E-state index in [1.807, 2.05) is 85.1 Å². The van der Waals surface area contributed by atoms with E-state index in [9.17, 15) is 0 Å². The summed E-state index contributed by atoms with van der Waals surface area (Å²) in [6.45, 7) is 2.19. The Morgan fingerprint density at radius 3 is 2.10 bits per heavy atom. The number of anilines is 4. The molecule has 0 spiro atoms. The zero-order valence-corrected chi connectivity index (χ0v) is 17.7. The average molecular weight is 411 g/mol. The molecule has 0 saturated carbocycles. The Kier molecular flexibility index (Phi) is 6.43. The molecule has 156 valence electrons. The molecule has 2 N–H and O–H groups in total. The monoisotopic (exact) mass is 410 g/mol. The van der Waals surface area contributed by atoms with Crippen LogP contribution in [0.25, 0.3) is 0 Å². The van der Waals surface area contributed by atoms with Crippen molar-refractivity contribution < 1.29 is 4.74 Å². The molecule has 5 nitrogen and oxygen atoms in total. The molecule has 0 aliphatic rings. The molecule has 4 aromatic rings. The quantitative estimate of drug-likeness (QED) is 0.356. The van der Waals surface area contributed by atoms with Gasteiger partial charge in [0.05, 0.1) is 7.11 Å². The topological polar surface area (TPSA) is 59.1 Å². The number of nitrogens with zero attached hydrogens (tertiary/aromatic N) is 2. The van der Waals surface area contributed by atoms with Gasteiger partial charge in [0.2, 0.25) is 5.95 Å². The van der Waals surface area contributed by atoms with Gasteiger partial charge in [0.15, 0.2) is 0 Å². The van der Waals surface area contributed by atoms with E-state index < -0.39 is 0 Å². The van der Waals surface area contributed by atoms with Crippen molar-refractivity contribution in [2.45, 2.75) is 19.3 Å². The second kappa shape index (κ2) is 9.76. The molecule has 5 heteroatoms. The number of nitrogens with one attached hydrogen (secondary N) is 2. The Bertz CT molecular complexity index is 1120. The molecule has 0 saturated heterocycles. The van der Waals surface area contributed by atoms with Gasteiger partial charge in [-0.3, -0.25) is 0 Å². The molecule has 0 amide bonds. The molecular formula is C26H26N4O. The normalized spacial score (nSPS) is 11.5. The van der Waals surface area contributed by atoms with Crippen molar-refractivity contribution in [2.24, 2.45) is 0 Å². The fourth-order valence-corrected chi connectivity index (χ4v) is 3.55. The van der Waals surface area contributed by atoms with Crippen LogP contribution in [0.2, 0.25) is 0 Å². The number of para-hydroxylation sites is 3. The first-order valence-electron chi connectivity index (χ1n) is 10.4. The number of ether oxygens (including phenoxy) is 1. The summed E-state index contributed by atoms with van der Waals surface area (Å²) in [5.74, 6) is 2.49. The summed E-state index contributed by atoms with van der Waals surface area (Å²) in [5.41, 5.74) is 4.14. The minimum Gasteiger partial charge on any atom is -0.496 e. The highest BCUT2D eigenvalue weighted by molar-refractivity contribution is 5.62. The first-order valence-corrected chi connectivity index (χ1v) is 10.4. The maximum atomic E-state index is 5.56. The Balaban J connectivity index is 1.63. The van der Waals surface area contributed by atoms with Crippen LogP contribution < -0.4 is 15.4 Å². The molecule has 0 aliphatic heterocycles. The van der Waals surface area contributed by atoms with E-state index >= 15 is 0 Å². The molecule has 0 aliphatic carbocycles. The van der Waals surface area contributed by atoms with Gasteiger partial charge in [-0.1, -0.05) is 61.5 Å². The summed E-state index contributed by atoms with van der Waals surface area (Å²) in [4.78, 5) is 9.36. The van der Waals surface area contributed by atoms with E-state index in [1.165, 1.54) is 5.56 Å². The van der Waals surface area contributed by atoms with E-state index in [0.29, 0.717) is 5.95 Å². The molecule has 1 heterocycles. The maximum absolute atomic E-state index is 5.56. The van der Waals surface area contributed by atoms with Gasteiger partial charge in [0, 0.05) is 23.1 Å². The summed E-state index contributed by atoms with van der Waals surface area (Å²) in [6, 6.07) is 28.1. The lowest BCUT2D eigenvalue weighted by Crippen LogP contribution is -2.08. The molecule has 0 radical (unpaired) electrons. The Morgan fingerprint density at radius 1 is 0.806 bits per heavy atom. The number of benzene rings is 3. The van der Waals surface area contributed by atoms with Gasteiger partial charge in [-0.05, 0) is 48.2 Å². The summed E-state index contributed by atoms with van der Waals surface area (Å²) in [7, 11) is 1.71. The number of methoxy groups -OCH3 is 1. The lowest BCUT2D eigenvalue weighted by Gasteiger charge is -2.18. The smallest absolute Gasteiger partial charge is 0.229 e. The zero-order chi connectivity index (χ0) is 21.5. The highest BCUT2D eigenvalue weighted by atomic mass is 16.5. The summed E-state index contributed by atoms with van der Waals surface area (Å²) >= 11 is 0. The standard InChI is InChI=1S/C26H26N4O/c1-19(23-15-9-10-16-24(23)31-2)17-20-18-27-26(29-22-13-7-4-8-14-22)30-25(20)28-21-11-5-3-6-12-21/h3-16,18-19H,17H2,1-2H3,(H2,27,28,29,30). The lowest BCUT2D eigenvalue weighted by atomic mass is 9.93. The van der Waals surface area contributed by atoms with Gasteiger partial charge >= 0.3 is 0 Å². The minimum atomic E-state index is 0.240. The van der Waals surface area contributed by atoms with E-state index in [0.717, 1.165) is 34.9 Å². The molecule has 1 atom stereocenters. The summed E-state index contributed by atoms with van der Waals surface area (Å²) < 4.78 is 5.56. The van der Waals surface area contributed by atoms with Crippen LogP contribution in [0.15, 0.2) is 91.1 Å². The van der Waals surface area contributed by atoms with Gasteiger partial charge in [-0.15, -0.1) is 0 Å². The zero-order valence-electron chi connectivity index (χ0n) is 17.7. The van der Waals surface area contributed by atoms with Crippen molar-refractivity contribution in [3.63, 3.8) is 0 Å². The number of hydrogen-bond donors (Lipinski definition) is 2. The van der Waals surface area contributed by atoms with Crippen LogP contribution in [-0.4, -0.2) is 17.1 Å². The maximum Gasteiger partial charge on any atom is 0.229 e. The Morgan fingerprint density at radius 2 is 1.42 bits per heavy atom. The largest absolute Gasteiger partial charge is 0.496 e. The SMILES string of the molecule is COc1ccccc1C(C)Cc1cnc(Nc2ccccc2)nc1Nc1ccccc1. The van der Waals surface area contributed by atoms with E-state index in [4.69, 9.17) is 9.72 Å². The third-order valence-electron chi connectivity index (χ3n) is 5.13. The van der Waals surface area contributed by atoms with Gasteiger partial charge in [0.1, 0.15) is 11.6 Å². The molecule has 31 heavy (non-hydrogen) atoms. The summed E-state index contributed by atoms with van der Waals surface area (Å²) in [5, 5.41) is 6.74. The first-order chi connectivity index (χ1) is 15.2. The average Bonchev–Trinajstić information content (AvgIpc) is 2.82. The second-order valence-corrected chi connectivity index (χ2v) is 7.40. The second-order valence-electron chi connectivity index (χ2n) is 7.40. The van der Waals surface area contributed by atoms with E-state index in [1.54, 1.807) is 7.11 Å². The van der Waals surface area contributed by atoms with Crippen LogP contribution in [0.3, 0.4) is 0 Å².